The Labute approximate surface area is 118 Å². The van der Waals surface area contributed by atoms with Crippen LogP contribution in [0.25, 0.3) is 0 Å². The van der Waals surface area contributed by atoms with Crippen LogP contribution in [0.3, 0.4) is 0 Å². The van der Waals surface area contributed by atoms with E-state index in [4.69, 9.17) is 0 Å². The van der Waals surface area contributed by atoms with Gasteiger partial charge in [0, 0.05) is 11.1 Å². The second-order valence-electron chi connectivity index (χ2n) is 3.97. The molecule has 1 amide bonds. The van der Waals surface area contributed by atoms with Crippen molar-refractivity contribution < 1.29 is 4.79 Å². The predicted molar refractivity (Wildman–Crippen MR) is 79.9 cm³/mol. The van der Waals surface area contributed by atoms with Crippen LogP contribution in [-0.2, 0) is 0 Å². The summed E-state index contributed by atoms with van der Waals surface area (Å²) < 4.78 is 0. The summed E-state index contributed by atoms with van der Waals surface area (Å²) in [6.45, 7) is 0.289. The van der Waals surface area contributed by atoms with Gasteiger partial charge in [0.25, 0.3) is 5.91 Å². The zero-order valence-electron chi connectivity index (χ0n) is 10.9. The lowest BCUT2D eigenvalue weighted by Crippen LogP contribution is -2.23. The number of hydrogen-bond donors (Lipinski definition) is 1. The van der Waals surface area contributed by atoms with Gasteiger partial charge in [-0.3, -0.25) is 4.79 Å². The lowest BCUT2D eigenvalue weighted by atomic mass is 10.2. The zero-order chi connectivity index (χ0) is 14.0. The third-order valence-corrected chi connectivity index (χ3v) is 2.50. The molecule has 0 spiro atoms. The first kappa shape index (κ1) is 13.5. The van der Waals surface area contributed by atoms with Crippen LogP contribution in [0.4, 0.5) is 0 Å². The van der Waals surface area contributed by atoms with Gasteiger partial charge in [-0.1, -0.05) is 48.2 Å². The van der Waals surface area contributed by atoms with Crippen LogP contribution in [0.2, 0.25) is 0 Å². The molecule has 0 bridgehead atoms. The highest BCUT2D eigenvalue weighted by atomic mass is 16.1. The van der Waals surface area contributed by atoms with Gasteiger partial charge >= 0.3 is 0 Å². The summed E-state index contributed by atoms with van der Waals surface area (Å²) in [5.41, 5.74) is 1.56. The molecule has 0 saturated carbocycles. The Morgan fingerprint density at radius 1 is 0.900 bits per heavy atom. The van der Waals surface area contributed by atoms with Crippen molar-refractivity contribution in [3.05, 3.63) is 71.8 Å². The lowest BCUT2D eigenvalue weighted by molar-refractivity contribution is 0.0958. The summed E-state index contributed by atoms with van der Waals surface area (Å²) in [5.74, 6) is 11.1. The Kier molecular flexibility index (Phi) is 5.02. The number of carbonyl (C=O) groups is 1. The maximum absolute atomic E-state index is 11.7. The Balaban J connectivity index is 1.82. The largest absolute Gasteiger partial charge is 0.341 e. The van der Waals surface area contributed by atoms with Crippen molar-refractivity contribution >= 4 is 5.91 Å². The molecule has 2 rings (SSSR count). The SMILES string of the molecule is O=C(NCC#CC#Cc1ccccc1)c1ccccc1. The highest BCUT2D eigenvalue weighted by molar-refractivity contribution is 5.94. The van der Waals surface area contributed by atoms with Crippen molar-refractivity contribution in [1.82, 2.24) is 5.32 Å². The van der Waals surface area contributed by atoms with E-state index >= 15 is 0 Å². The molecule has 2 aromatic carbocycles. The molecule has 2 aromatic rings. The predicted octanol–water partition coefficient (Wildman–Crippen LogP) is 2.47. The van der Waals surface area contributed by atoms with E-state index in [1.807, 2.05) is 48.5 Å². The number of carbonyl (C=O) groups excluding carboxylic acids is 1. The quantitative estimate of drug-likeness (QED) is 0.825. The van der Waals surface area contributed by atoms with E-state index in [0.29, 0.717) is 5.56 Å². The van der Waals surface area contributed by atoms with Gasteiger partial charge in [0.15, 0.2) is 0 Å². The van der Waals surface area contributed by atoms with Crippen LogP contribution in [0, 0.1) is 23.7 Å². The summed E-state index contributed by atoms with van der Waals surface area (Å²) in [6.07, 6.45) is 0. The number of amides is 1. The van der Waals surface area contributed by atoms with Gasteiger partial charge in [0.05, 0.1) is 6.54 Å². The average molecular weight is 259 g/mol. The lowest BCUT2D eigenvalue weighted by Gasteiger charge is -1.99. The molecule has 0 aromatic heterocycles. The minimum atomic E-state index is -0.129. The van der Waals surface area contributed by atoms with Gasteiger partial charge in [-0.15, -0.1) is 0 Å². The average Bonchev–Trinajstić information content (AvgIpc) is 2.52. The van der Waals surface area contributed by atoms with E-state index in [2.05, 4.69) is 29.0 Å². The highest BCUT2D eigenvalue weighted by Gasteiger charge is 2.00. The molecule has 0 radical (unpaired) electrons. The molecule has 0 aliphatic rings. The summed E-state index contributed by atoms with van der Waals surface area (Å²) in [4.78, 5) is 11.7. The molecule has 1 N–H and O–H groups in total. The van der Waals surface area contributed by atoms with Crippen molar-refractivity contribution in [2.75, 3.05) is 6.54 Å². The molecule has 0 aliphatic carbocycles. The third kappa shape index (κ3) is 4.37. The first-order valence-electron chi connectivity index (χ1n) is 6.23. The number of rotatable bonds is 2. The zero-order valence-corrected chi connectivity index (χ0v) is 10.9. The van der Waals surface area contributed by atoms with Crippen molar-refractivity contribution in [1.29, 1.82) is 0 Å². The summed E-state index contributed by atoms with van der Waals surface area (Å²) in [7, 11) is 0. The monoisotopic (exact) mass is 259 g/mol. The number of benzene rings is 2. The van der Waals surface area contributed by atoms with E-state index in [0.717, 1.165) is 5.56 Å². The maximum Gasteiger partial charge on any atom is 0.252 e. The molecule has 0 unspecified atom stereocenters. The van der Waals surface area contributed by atoms with Crippen molar-refractivity contribution in [2.45, 2.75) is 0 Å². The fraction of sp³-hybridized carbons (Fsp3) is 0.0556. The minimum absolute atomic E-state index is 0.129. The Morgan fingerprint density at radius 2 is 1.55 bits per heavy atom. The van der Waals surface area contributed by atoms with E-state index in [9.17, 15) is 4.79 Å². The van der Waals surface area contributed by atoms with Gasteiger partial charge in [0.2, 0.25) is 0 Å². The van der Waals surface area contributed by atoms with E-state index in [-0.39, 0.29) is 12.5 Å². The fourth-order valence-corrected chi connectivity index (χ4v) is 1.53. The summed E-state index contributed by atoms with van der Waals surface area (Å²) >= 11 is 0. The molecule has 0 aliphatic heterocycles. The first-order valence-corrected chi connectivity index (χ1v) is 6.23. The minimum Gasteiger partial charge on any atom is -0.341 e. The van der Waals surface area contributed by atoms with Crippen LogP contribution in [0.5, 0.6) is 0 Å². The standard InChI is InChI=1S/C18H13NO/c20-18(17-13-7-2-8-14-17)19-15-9-3-6-12-16-10-4-1-5-11-16/h1-2,4-5,7-8,10-11,13-14H,15H2,(H,19,20). The summed E-state index contributed by atoms with van der Waals surface area (Å²) in [6, 6.07) is 18.7. The van der Waals surface area contributed by atoms with Gasteiger partial charge in [-0.2, -0.15) is 0 Å². The van der Waals surface area contributed by atoms with Crippen LogP contribution >= 0.6 is 0 Å². The Bertz CT molecular complexity index is 682. The first-order chi connectivity index (χ1) is 9.86. The molecule has 2 heteroatoms. The third-order valence-electron chi connectivity index (χ3n) is 2.50. The maximum atomic E-state index is 11.7. The van der Waals surface area contributed by atoms with E-state index < -0.39 is 0 Å². The van der Waals surface area contributed by atoms with Crippen molar-refractivity contribution in [3.8, 4) is 23.7 Å². The molecule has 0 fully saturated rings. The molecular weight excluding hydrogens is 246 g/mol. The number of nitrogens with one attached hydrogen (secondary N) is 1. The summed E-state index contributed by atoms with van der Waals surface area (Å²) in [5, 5.41) is 2.72. The normalized spacial score (nSPS) is 8.60. The van der Waals surface area contributed by atoms with Gasteiger partial charge in [-0.25, -0.2) is 0 Å². The molecule has 20 heavy (non-hydrogen) atoms. The second kappa shape index (κ2) is 7.46. The molecule has 2 nitrogen and oxygen atoms in total. The van der Waals surface area contributed by atoms with E-state index in [1.54, 1.807) is 12.1 Å². The van der Waals surface area contributed by atoms with Gasteiger partial charge < -0.3 is 5.32 Å². The Hall–Kier alpha value is -2.97. The van der Waals surface area contributed by atoms with Gasteiger partial charge in [-0.05, 0) is 36.1 Å². The van der Waals surface area contributed by atoms with Gasteiger partial charge in [0.1, 0.15) is 0 Å². The molecule has 96 valence electrons. The molecule has 0 saturated heterocycles. The molecule has 0 atom stereocenters. The fourth-order valence-electron chi connectivity index (χ4n) is 1.53. The Morgan fingerprint density at radius 3 is 2.25 bits per heavy atom. The van der Waals surface area contributed by atoms with Crippen LogP contribution < -0.4 is 5.32 Å². The number of hydrogen-bond acceptors (Lipinski definition) is 1. The molecule has 0 heterocycles. The molecular formula is C18H13NO. The van der Waals surface area contributed by atoms with Crippen molar-refractivity contribution in [2.24, 2.45) is 0 Å². The highest BCUT2D eigenvalue weighted by Crippen LogP contribution is 1.97. The van der Waals surface area contributed by atoms with E-state index in [1.165, 1.54) is 0 Å². The smallest absolute Gasteiger partial charge is 0.252 e. The second-order valence-corrected chi connectivity index (χ2v) is 3.97. The topological polar surface area (TPSA) is 29.1 Å². The van der Waals surface area contributed by atoms with Crippen LogP contribution in [0.1, 0.15) is 15.9 Å². The van der Waals surface area contributed by atoms with Crippen LogP contribution in [0.15, 0.2) is 60.7 Å². The van der Waals surface area contributed by atoms with Crippen LogP contribution in [-0.4, -0.2) is 12.5 Å². The van der Waals surface area contributed by atoms with Crippen molar-refractivity contribution in [3.63, 3.8) is 0 Å².